The van der Waals surface area contributed by atoms with Crippen LogP contribution in [0.1, 0.15) is 50.9 Å². The Labute approximate surface area is 128 Å². The number of halogens is 1. The number of carboxylic acids is 1. The van der Waals surface area contributed by atoms with Gasteiger partial charge in [-0.05, 0) is 51.3 Å². The van der Waals surface area contributed by atoms with E-state index < -0.39 is 5.97 Å². The lowest BCUT2D eigenvalue weighted by atomic mass is 10.0. The molecule has 112 valence electrons. The van der Waals surface area contributed by atoms with Crippen LogP contribution >= 0.6 is 11.6 Å². The van der Waals surface area contributed by atoms with Gasteiger partial charge in [-0.1, -0.05) is 11.6 Å². The van der Waals surface area contributed by atoms with Crippen molar-refractivity contribution in [2.45, 2.75) is 45.1 Å². The summed E-state index contributed by atoms with van der Waals surface area (Å²) in [5, 5.41) is 9.89. The minimum atomic E-state index is -0.687. The molecule has 0 amide bonds. The van der Waals surface area contributed by atoms with E-state index in [-0.39, 0.29) is 17.9 Å². The Kier molecular flexibility index (Phi) is 3.66. The van der Waals surface area contributed by atoms with Gasteiger partial charge in [-0.25, -0.2) is 4.98 Å². The van der Waals surface area contributed by atoms with Gasteiger partial charge in [-0.3, -0.25) is 4.79 Å². The van der Waals surface area contributed by atoms with Crippen molar-refractivity contribution in [3.8, 4) is 0 Å². The van der Waals surface area contributed by atoms with E-state index in [4.69, 9.17) is 16.6 Å². The highest BCUT2D eigenvalue weighted by atomic mass is 35.5. The number of carboxylic acid groups (broad SMARTS) is 1. The van der Waals surface area contributed by atoms with Crippen LogP contribution < -0.4 is 0 Å². The second-order valence-electron chi connectivity index (χ2n) is 6.11. The molecule has 1 aliphatic carbocycles. The number of hydrogen-bond acceptors (Lipinski definition) is 2. The molecule has 5 heteroatoms. The third-order valence-corrected chi connectivity index (χ3v) is 4.58. The molecule has 1 heterocycles. The van der Waals surface area contributed by atoms with Gasteiger partial charge in [0.1, 0.15) is 5.82 Å². The van der Waals surface area contributed by atoms with Crippen LogP contribution in [0.3, 0.4) is 0 Å². The van der Waals surface area contributed by atoms with Crippen molar-refractivity contribution in [2.24, 2.45) is 5.92 Å². The lowest BCUT2D eigenvalue weighted by Gasteiger charge is -2.17. The molecule has 0 saturated heterocycles. The van der Waals surface area contributed by atoms with Gasteiger partial charge in [0.25, 0.3) is 0 Å². The second kappa shape index (κ2) is 5.34. The standard InChI is InChI=1S/C16H19ClN2O2/c1-9(2)19-14-8-12(17)5-6-13(14)18-15(19)10-3-4-11(7-10)16(20)21/h5-6,8-11H,3-4,7H2,1-2H3,(H,20,21). The molecule has 0 spiro atoms. The van der Waals surface area contributed by atoms with Gasteiger partial charge in [0.05, 0.1) is 17.0 Å². The summed E-state index contributed by atoms with van der Waals surface area (Å²) in [5.74, 6) is 0.303. The maximum atomic E-state index is 11.2. The fourth-order valence-corrected chi connectivity index (χ4v) is 3.52. The van der Waals surface area contributed by atoms with E-state index in [2.05, 4.69) is 18.4 Å². The first-order valence-corrected chi connectivity index (χ1v) is 7.75. The van der Waals surface area contributed by atoms with E-state index in [0.717, 1.165) is 29.7 Å². The molecule has 3 rings (SSSR count). The largest absolute Gasteiger partial charge is 0.481 e. The first kappa shape index (κ1) is 14.4. The molecular weight excluding hydrogens is 288 g/mol. The summed E-state index contributed by atoms with van der Waals surface area (Å²) in [4.78, 5) is 15.9. The molecule has 4 nitrogen and oxygen atoms in total. The number of imidazole rings is 1. The first-order chi connectivity index (χ1) is 9.97. The molecule has 1 saturated carbocycles. The van der Waals surface area contributed by atoms with Gasteiger partial charge in [0, 0.05) is 17.0 Å². The molecule has 2 atom stereocenters. The van der Waals surface area contributed by atoms with E-state index in [1.165, 1.54) is 0 Å². The molecule has 0 bridgehead atoms. The van der Waals surface area contributed by atoms with Gasteiger partial charge < -0.3 is 9.67 Å². The van der Waals surface area contributed by atoms with Crippen LogP contribution in [0.15, 0.2) is 18.2 Å². The molecule has 2 unspecified atom stereocenters. The molecule has 0 aliphatic heterocycles. The van der Waals surface area contributed by atoms with Gasteiger partial charge in [0.15, 0.2) is 0 Å². The van der Waals surface area contributed by atoms with Crippen molar-refractivity contribution in [1.29, 1.82) is 0 Å². The summed E-state index contributed by atoms with van der Waals surface area (Å²) in [6.07, 6.45) is 2.31. The number of nitrogens with zero attached hydrogens (tertiary/aromatic N) is 2. The van der Waals surface area contributed by atoms with Crippen LogP contribution in [-0.2, 0) is 4.79 Å². The number of benzene rings is 1. The lowest BCUT2D eigenvalue weighted by molar-refractivity contribution is -0.141. The lowest BCUT2D eigenvalue weighted by Crippen LogP contribution is -2.12. The maximum Gasteiger partial charge on any atom is 0.306 e. The number of fused-ring (bicyclic) bond motifs is 1. The Morgan fingerprint density at radius 3 is 2.81 bits per heavy atom. The van der Waals surface area contributed by atoms with E-state index >= 15 is 0 Å². The minimum Gasteiger partial charge on any atom is -0.481 e. The normalized spacial score (nSPS) is 22.3. The van der Waals surface area contributed by atoms with E-state index in [0.29, 0.717) is 11.4 Å². The van der Waals surface area contributed by atoms with Crippen molar-refractivity contribution >= 4 is 28.6 Å². The van der Waals surface area contributed by atoms with Crippen molar-refractivity contribution in [2.75, 3.05) is 0 Å². The van der Waals surface area contributed by atoms with Gasteiger partial charge in [-0.2, -0.15) is 0 Å². The zero-order chi connectivity index (χ0) is 15.1. The highest BCUT2D eigenvalue weighted by Crippen LogP contribution is 2.40. The molecule has 1 N–H and O–H groups in total. The third-order valence-electron chi connectivity index (χ3n) is 4.34. The highest BCUT2D eigenvalue weighted by Gasteiger charge is 2.33. The van der Waals surface area contributed by atoms with Crippen molar-refractivity contribution < 1.29 is 9.90 Å². The molecule has 21 heavy (non-hydrogen) atoms. The molecule has 1 aliphatic rings. The number of rotatable bonds is 3. The van der Waals surface area contributed by atoms with Gasteiger partial charge in [0.2, 0.25) is 0 Å². The van der Waals surface area contributed by atoms with E-state index in [1.54, 1.807) is 0 Å². The molecule has 0 radical (unpaired) electrons. The summed E-state index contributed by atoms with van der Waals surface area (Å²) in [7, 11) is 0. The Morgan fingerprint density at radius 2 is 2.19 bits per heavy atom. The SMILES string of the molecule is CC(C)n1c(C2CCC(C(=O)O)C2)nc2ccc(Cl)cc21. The smallest absolute Gasteiger partial charge is 0.306 e. The van der Waals surface area contributed by atoms with Gasteiger partial charge >= 0.3 is 5.97 Å². The fraction of sp³-hybridized carbons (Fsp3) is 0.500. The predicted octanol–water partition coefficient (Wildman–Crippen LogP) is 4.24. The summed E-state index contributed by atoms with van der Waals surface area (Å²) in [5.41, 5.74) is 1.97. The van der Waals surface area contributed by atoms with E-state index in [1.807, 2.05) is 18.2 Å². The Morgan fingerprint density at radius 1 is 1.43 bits per heavy atom. The summed E-state index contributed by atoms with van der Waals surface area (Å²) >= 11 is 6.11. The third kappa shape index (κ3) is 2.53. The summed E-state index contributed by atoms with van der Waals surface area (Å²) in [6, 6.07) is 5.99. The second-order valence-corrected chi connectivity index (χ2v) is 6.55. The Bertz CT molecular complexity index is 693. The number of aliphatic carboxylic acids is 1. The first-order valence-electron chi connectivity index (χ1n) is 7.37. The Balaban J connectivity index is 2.06. The van der Waals surface area contributed by atoms with Crippen LogP contribution in [0.5, 0.6) is 0 Å². The zero-order valence-electron chi connectivity index (χ0n) is 12.2. The van der Waals surface area contributed by atoms with Crippen molar-refractivity contribution in [3.05, 3.63) is 29.0 Å². The van der Waals surface area contributed by atoms with Crippen LogP contribution in [-0.4, -0.2) is 20.6 Å². The van der Waals surface area contributed by atoms with Crippen LogP contribution in [0, 0.1) is 5.92 Å². The van der Waals surface area contributed by atoms with Crippen molar-refractivity contribution in [3.63, 3.8) is 0 Å². The molecule has 2 aromatic rings. The fourth-order valence-electron chi connectivity index (χ4n) is 3.36. The summed E-state index contributed by atoms with van der Waals surface area (Å²) in [6.45, 7) is 4.24. The molecule has 1 aromatic heterocycles. The topological polar surface area (TPSA) is 55.1 Å². The van der Waals surface area contributed by atoms with Crippen LogP contribution in [0.25, 0.3) is 11.0 Å². The van der Waals surface area contributed by atoms with Crippen LogP contribution in [0.2, 0.25) is 5.02 Å². The Hall–Kier alpha value is -1.55. The van der Waals surface area contributed by atoms with Crippen LogP contribution in [0.4, 0.5) is 0 Å². The highest BCUT2D eigenvalue weighted by molar-refractivity contribution is 6.31. The number of aromatic nitrogens is 2. The average Bonchev–Trinajstić information content (AvgIpc) is 3.01. The molecule has 1 fully saturated rings. The summed E-state index contributed by atoms with van der Waals surface area (Å²) < 4.78 is 2.20. The van der Waals surface area contributed by atoms with Gasteiger partial charge in [-0.15, -0.1) is 0 Å². The molecule has 1 aromatic carbocycles. The number of carbonyl (C=O) groups is 1. The predicted molar refractivity (Wildman–Crippen MR) is 82.8 cm³/mol. The van der Waals surface area contributed by atoms with Crippen molar-refractivity contribution in [1.82, 2.24) is 9.55 Å². The monoisotopic (exact) mass is 306 g/mol. The molecular formula is C16H19ClN2O2. The number of hydrogen-bond donors (Lipinski definition) is 1. The average molecular weight is 307 g/mol. The quantitative estimate of drug-likeness (QED) is 0.922. The minimum absolute atomic E-state index is 0.222. The van der Waals surface area contributed by atoms with E-state index in [9.17, 15) is 9.90 Å². The maximum absolute atomic E-state index is 11.2. The zero-order valence-corrected chi connectivity index (χ0v) is 13.0.